The van der Waals surface area contributed by atoms with E-state index in [4.69, 9.17) is 21.1 Å². The van der Waals surface area contributed by atoms with Crippen LogP contribution >= 0.6 is 11.6 Å². The van der Waals surface area contributed by atoms with E-state index < -0.39 is 12.0 Å². The summed E-state index contributed by atoms with van der Waals surface area (Å²) in [6.45, 7) is 4.76. The molecule has 142 valence electrons. The third-order valence-corrected chi connectivity index (χ3v) is 5.52. The zero-order chi connectivity index (χ0) is 18.7. The molecule has 0 aromatic heterocycles. The van der Waals surface area contributed by atoms with Crippen LogP contribution in [0, 0.1) is 5.92 Å². The molecule has 2 aliphatic rings. The van der Waals surface area contributed by atoms with Gasteiger partial charge in [-0.15, -0.1) is 0 Å². The SMILES string of the molecule is CCC1CCCCN1C(=O)C(C)OC(=O)C1COc2ccc(Cl)cc2C1. The summed E-state index contributed by atoms with van der Waals surface area (Å²) in [5, 5.41) is 0.612. The number of nitrogens with zero attached hydrogens (tertiary/aromatic N) is 1. The molecule has 3 atom stereocenters. The molecule has 1 aromatic rings. The normalized spacial score (nSPS) is 23.6. The highest BCUT2D eigenvalue weighted by Gasteiger charge is 2.33. The minimum absolute atomic E-state index is 0.0925. The van der Waals surface area contributed by atoms with Gasteiger partial charge in [0.1, 0.15) is 12.4 Å². The Kier molecular flexibility index (Phi) is 6.07. The van der Waals surface area contributed by atoms with Gasteiger partial charge >= 0.3 is 5.97 Å². The molecule has 3 unspecified atom stereocenters. The lowest BCUT2D eigenvalue weighted by molar-refractivity contribution is -0.165. The zero-order valence-electron chi connectivity index (χ0n) is 15.4. The molecule has 0 aliphatic carbocycles. The third kappa shape index (κ3) is 4.14. The minimum atomic E-state index is -0.768. The van der Waals surface area contributed by atoms with Crippen molar-refractivity contribution in [2.24, 2.45) is 5.92 Å². The molecular formula is C20H26ClNO4. The first-order chi connectivity index (χ1) is 12.5. The van der Waals surface area contributed by atoms with Gasteiger partial charge in [0.25, 0.3) is 5.91 Å². The van der Waals surface area contributed by atoms with Gasteiger partial charge < -0.3 is 14.4 Å². The Morgan fingerprint density at radius 3 is 2.96 bits per heavy atom. The van der Waals surface area contributed by atoms with Crippen LogP contribution in [0.1, 0.15) is 45.1 Å². The van der Waals surface area contributed by atoms with Crippen LogP contribution in [0.5, 0.6) is 5.75 Å². The smallest absolute Gasteiger partial charge is 0.313 e. The summed E-state index contributed by atoms with van der Waals surface area (Å²) in [4.78, 5) is 27.1. The summed E-state index contributed by atoms with van der Waals surface area (Å²) in [5.41, 5.74) is 0.895. The molecule has 5 nitrogen and oxygen atoms in total. The van der Waals surface area contributed by atoms with Gasteiger partial charge in [0, 0.05) is 17.6 Å². The Bertz CT molecular complexity index is 678. The maximum absolute atomic E-state index is 12.7. The second kappa shape index (κ2) is 8.30. The van der Waals surface area contributed by atoms with Crippen molar-refractivity contribution in [3.05, 3.63) is 28.8 Å². The molecule has 0 radical (unpaired) electrons. The first-order valence-corrected chi connectivity index (χ1v) is 9.79. The van der Waals surface area contributed by atoms with E-state index in [0.29, 0.717) is 11.4 Å². The molecule has 26 heavy (non-hydrogen) atoms. The molecule has 6 heteroatoms. The molecule has 2 aliphatic heterocycles. The Labute approximate surface area is 159 Å². The van der Waals surface area contributed by atoms with Crippen molar-refractivity contribution in [1.29, 1.82) is 0 Å². The zero-order valence-corrected chi connectivity index (χ0v) is 16.1. The Balaban J connectivity index is 1.60. The third-order valence-electron chi connectivity index (χ3n) is 5.28. The number of fused-ring (bicyclic) bond motifs is 1. The Morgan fingerprint density at radius 1 is 1.38 bits per heavy atom. The fraction of sp³-hybridized carbons (Fsp3) is 0.600. The van der Waals surface area contributed by atoms with Crippen LogP contribution in [0.4, 0.5) is 0 Å². The predicted molar refractivity (Wildman–Crippen MR) is 99.3 cm³/mol. The first kappa shape index (κ1) is 19.0. The fourth-order valence-corrected chi connectivity index (χ4v) is 3.98. The van der Waals surface area contributed by atoms with E-state index in [2.05, 4.69) is 6.92 Å². The lowest BCUT2D eigenvalue weighted by atomic mass is 9.97. The average molecular weight is 380 g/mol. The van der Waals surface area contributed by atoms with Crippen molar-refractivity contribution in [1.82, 2.24) is 4.90 Å². The summed E-state index contributed by atoms with van der Waals surface area (Å²) in [6.07, 6.45) is 3.86. The molecule has 1 fully saturated rings. The van der Waals surface area contributed by atoms with Crippen LogP contribution in [-0.4, -0.2) is 42.1 Å². The average Bonchev–Trinajstić information content (AvgIpc) is 2.66. The van der Waals surface area contributed by atoms with Gasteiger partial charge in [-0.05, 0) is 62.8 Å². The number of esters is 1. The Hall–Kier alpha value is -1.75. The van der Waals surface area contributed by atoms with Crippen LogP contribution in [0.25, 0.3) is 0 Å². The predicted octanol–water partition coefficient (Wildman–Crippen LogP) is 3.61. The van der Waals surface area contributed by atoms with Crippen LogP contribution in [0.2, 0.25) is 5.02 Å². The van der Waals surface area contributed by atoms with Gasteiger partial charge in [0.15, 0.2) is 6.10 Å². The second-order valence-corrected chi connectivity index (χ2v) is 7.57. The van der Waals surface area contributed by atoms with Gasteiger partial charge in [-0.3, -0.25) is 9.59 Å². The van der Waals surface area contributed by atoms with E-state index in [1.54, 1.807) is 13.0 Å². The number of likely N-dealkylation sites (tertiary alicyclic amines) is 1. The standard InChI is InChI=1S/C20H26ClNO4/c1-3-17-6-4-5-9-22(17)19(23)13(2)26-20(24)15-10-14-11-16(21)7-8-18(14)25-12-15/h7-8,11,13,15,17H,3-6,9-10,12H2,1-2H3. The number of ether oxygens (including phenoxy) is 2. The van der Waals surface area contributed by atoms with Crippen molar-refractivity contribution in [2.75, 3.05) is 13.2 Å². The number of carbonyl (C=O) groups is 2. The van der Waals surface area contributed by atoms with Crippen molar-refractivity contribution < 1.29 is 19.1 Å². The van der Waals surface area contributed by atoms with Crippen LogP contribution in [-0.2, 0) is 20.7 Å². The van der Waals surface area contributed by atoms with Gasteiger partial charge in [-0.1, -0.05) is 18.5 Å². The lowest BCUT2D eigenvalue weighted by Crippen LogP contribution is -2.48. The van der Waals surface area contributed by atoms with Crippen molar-refractivity contribution in [3.63, 3.8) is 0 Å². The highest BCUT2D eigenvalue weighted by Crippen LogP contribution is 2.30. The number of hydrogen-bond acceptors (Lipinski definition) is 4. The topological polar surface area (TPSA) is 55.8 Å². The molecule has 1 saturated heterocycles. The summed E-state index contributed by atoms with van der Waals surface area (Å²) in [7, 11) is 0. The summed E-state index contributed by atoms with van der Waals surface area (Å²) in [6, 6.07) is 5.64. The first-order valence-electron chi connectivity index (χ1n) is 9.41. The maximum atomic E-state index is 12.7. The molecule has 0 N–H and O–H groups in total. The van der Waals surface area contributed by atoms with Gasteiger partial charge in [0.05, 0.1) is 5.92 Å². The van der Waals surface area contributed by atoms with Gasteiger partial charge in [0.2, 0.25) is 0 Å². The molecule has 1 amide bonds. The van der Waals surface area contributed by atoms with Crippen LogP contribution in [0.15, 0.2) is 18.2 Å². The van der Waals surface area contributed by atoms with Crippen molar-refractivity contribution >= 4 is 23.5 Å². The van der Waals surface area contributed by atoms with Crippen molar-refractivity contribution in [2.45, 2.75) is 58.1 Å². The van der Waals surface area contributed by atoms with E-state index in [-0.39, 0.29) is 24.5 Å². The molecule has 0 saturated carbocycles. The van der Waals surface area contributed by atoms with E-state index >= 15 is 0 Å². The lowest BCUT2D eigenvalue weighted by Gasteiger charge is -2.36. The molecule has 1 aromatic carbocycles. The highest BCUT2D eigenvalue weighted by atomic mass is 35.5. The Morgan fingerprint density at radius 2 is 2.19 bits per heavy atom. The van der Waals surface area contributed by atoms with Gasteiger partial charge in [-0.2, -0.15) is 0 Å². The van der Waals surface area contributed by atoms with E-state index in [9.17, 15) is 9.59 Å². The summed E-state index contributed by atoms with van der Waals surface area (Å²) in [5.74, 6) is -0.146. The molecular weight excluding hydrogens is 354 g/mol. The van der Waals surface area contributed by atoms with E-state index in [0.717, 1.165) is 43.5 Å². The number of amides is 1. The number of rotatable bonds is 4. The van der Waals surface area contributed by atoms with E-state index in [1.165, 1.54) is 0 Å². The number of carbonyl (C=O) groups excluding carboxylic acids is 2. The highest BCUT2D eigenvalue weighted by molar-refractivity contribution is 6.30. The summed E-state index contributed by atoms with van der Waals surface area (Å²) < 4.78 is 11.2. The number of hydrogen-bond donors (Lipinski definition) is 0. The second-order valence-electron chi connectivity index (χ2n) is 7.13. The van der Waals surface area contributed by atoms with Crippen LogP contribution < -0.4 is 4.74 Å². The molecule has 3 rings (SSSR count). The number of piperidine rings is 1. The quantitative estimate of drug-likeness (QED) is 0.750. The number of benzene rings is 1. The largest absolute Gasteiger partial charge is 0.492 e. The molecule has 0 spiro atoms. The monoisotopic (exact) mass is 379 g/mol. The van der Waals surface area contributed by atoms with Gasteiger partial charge in [-0.25, -0.2) is 0 Å². The number of halogens is 1. The summed E-state index contributed by atoms with van der Waals surface area (Å²) >= 11 is 6.02. The minimum Gasteiger partial charge on any atom is -0.492 e. The molecule has 0 bridgehead atoms. The maximum Gasteiger partial charge on any atom is 0.313 e. The fourth-order valence-electron chi connectivity index (χ4n) is 3.78. The van der Waals surface area contributed by atoms with Crippen molar-refractivity contribution in [3.8, 4) is 5.75 Å². The molecule has 2 heterocycles. The van der Waals surface area contributed by atoms with E-state index in [1.807, 2.05) is 17.0 Å². The van der Waals surface area contributed by atoms with Crippen LogP contribution in [0.3, 0.4) is 0 Å².